The number of aryl methyl sites for hydroxylation is 1. The number of rotatable bonds is 4. The van der Waals surface area contributed by atoms with Gasteiger partial charge in [0, 0.05) is 0 Å². The summed E-state index contributed by atoms with van der Waals surface area (Å²) in [6.45, 7) is 9.48. The fraction of sp³-hybridized carbons (Fsp3) is 0.538. The van der Waals surface area contributed by atoms with Gasteiger partial charge in [0.1, 0.15) is 0 Å². The van der Waals surface area contributed by atoms with Crippen LogP contribution in [0.3, 0.4) is 0 Å². The standard InChI is InChI=1S/C13H22Si/c1-5-6-8-12-9-7-10-13(11-12)14(2,3)4/h7,9-11H,5-6,8H2,1-4H3. The van der Waals surface area contributed by atoms with Crippen molar-refractivity contribution in [3.8, 4) is 0 Å². The van der Waals surface area contributed by atoms with Gasteiger partial charge in [0.25, 0.3) is 0 Å². The summed E-state index contributed by atoms with van der Waals surface area (Å²) in [5.41, 5.74) is 1.52. The van der Waals surface area contributed by atoms with Gasteiger partial charge in [0.05, 0.1) is 8.07 Å². The van der Waals surface area contributed by atoms with Crippen molar-refractivity contribution in [2.24, 2.45) is 0 Å². The van der Waals surface area contributed by atoms with E-state index in [2.05, 4.69) is 50.8 Å². The molecule has 0 aliphatic carbocycles. The van der Waals surface area contributed by atoms with E-state index in [1.54, 1.807) is 5.19 Å². The quantitative estimate of drug-likeness (QED) is 0.661. The third-order valence-corrected chi connectivity index (χ3v) is 4.66. The summed E-state index contributed by atoms with van der Waals surface area (Å²) in [5.74, 6) is 0. The van der Waals surface area contributed by atoms with E-state index < -0.39 is 8.07 Å². The Morgan fingerprint density at radius 2 is 1.86 bits per heavy atom. The van der Waals surface area contributed by atoms with E-state index in [4.69, 9.17) is 0 Å². The predicted octanol–water partition coefficient (Wildman–Crippen LogP) is 3.57. The second kappa shape index (κ2) is 4.79. The summed E-state index contributed by atoms with van der Waals surface area (Å²) in [7, 11) is -1.10. The summed E-state index contributed by atoms with van der Waals surface area (Å²) in [5, 5.41) is 1.59. The minimum atomic E-state index is -1.10. The SMILES string of the molecule is CCCCc1cccc([Si](C)(C)C)c1. The molecule has 0 bridgehead atoms. The van der Waals surface area contributed by atoms with Crippen LogP contribution in [-0.2, 0) is 6.42 Å². The molecule has 0 aliphatic rings. The van der Waals surface area contributed by atoms with E-state index in [9.17, 15) is 0 Å². The van der Waals surface area contributed by atoms with Crippen LogP contribution < -0.4 is 5.19 Å². The van der Waals surface area contributed by atoms with E-state index in [-0.39, 0.29) is 0 Å². The fourth-order valence-corrected chi connectivity index (χ4v) is 2.79. The molecule has 1 rings (SSSR count). The Morgan fingerprint density at radius 1 is 1.14 bits per heavy atom. The maximum atomic E-state index is 2.42. The summed E-state index contributed by atoms with van der Waals surface area (Å²) < 4.78 is 0. The van der Waals surface area contributed by atoms with Gasteiger partial charge in [-0.25, -0.2) is 0 Å². The highest BCUT2D eigenvalue weighted by molar-refractivity contribution is 6.88. The first-order valence-corrected chi connectivity index (χ1v) is 9.13. The zero-order chi connectivity index (χ0) is 10.6. The number of unbranched alkanes of at least 4 members (excludes halogenated alkanes) is 1. The van der Waals surface area contributed by atoms with E-state index >= 15 is 0 Å². The van der Waals surface area contributed by atoms with Gasteiger partial charge in [-0.15, -0.1) is 0 Å². The van der Waals surface area contributed by atoms with Crippen LogP contribution in [0.4, 0.5) is 0 Å². The molecule has 0 aliphatic heterocycles. The monoisotopic (exact) mass is 206 g/mol. The Labute approximate surface area is 89.4 Å². The number of hydrogen-bond donors (Lipinski definition) is 0. The zero-order valence-electron chi connectivity index (χ0n) is 9.93. The highest BCUT2D eigenvalue weighted by Gasteiger charge is 2.15. The predicted molar refractivity (Wildman–Crippen MR) is 68.0 cm³/mol. The molecule has 0 radical (unpaired) electrons. The molecule has 0 nitrogen and oxygen atoms in total. The van der Waals surface area contributed by atoms with Crippen molar-refractivity contribution in [3.05, 3.63) is 29.8 Å². The lowest BCUT2D eigenvalue weighted by Crippen LogP contribution is -2.37. The molecule has 0 amide bonds. The number of benzene rings is 1. The van der Waals surface area contributed by atoms with Gasteiger partial charge in [-0.1, -0.05) is 62.4 Å². The molecule has 1 aromatic carbocycles. The lowest BCUT2D eigenvalue weighted by molar-refractivity contribution is 0.795. The number of hydrogen-bond acceptors (Lipinski definition) is 0. The topological polar surface area (TPSA) is 0 Å². The summed E-state index contributed by atoms with van der Waals surface area (Å²) in [4.78, 5) is 0. The Hall–Kier alpha value is -0.563. The first-order chi connectivity index (χ1) is 6.54. The molecule has 0 fully saturated rings. The molecule has 1 aromatic rings. The van der Waals surface area contributed by atoms with Crippen LogP contribution in [0.1, 0.15) is 25.3 Å². The van der Waals surface area contributed by atoms with Crippen LogP contribution in [0.25, 0.3) is 0 Å². The first kappa shape index (κ1) is 11.5. The molecule has 14 heavy (non-hydrogen) atoms. The molecule has 0 saturated carbocycles. The average Bonchev–Trinajstić information content (AvgIpc) is 2.14. The zero-order valence-corrected chi connectivity index (χ0v) is 10.9. The lowest BCUT2D eigenvalue weighted by Gasteiger charge is -2.17. The Bertz CT molecular complexity index is 284. The van der Waals surface area contributed by atoms with Gasteiger partial charge in [-0.3, -0.25) is 0 Å². The van der Waals surface area contributed by atoms with Crippen molar-refractivity contribution in [1.82, 2.24) is 0 Å². The minimum absolute atomic E-state index is 1.10. The van der Waals surface area contributed by atoms with Gasteiger partial charge in [0.2, 0.25) is 0 Å². The first-order valence-electron chi connectivity index (χ1n) is 5.63. The van der Waals surface area contributed by atoms with Crippen molar-refractivity contribution < 1.29 is 0 Å². The Balaban J connectivity index is 2.79. The highest BCUT2D eigenvalue weighted by atomic mass is 28.3. The smallest absolute Gasteiger partial charge is 0.0656 e. The molecule has 0 spiro atoms. The normalized spacial score (nSPS) is 11.7. The maximum Gasteiger partial charge on any atom is 0.0776 e. The maximum absolute atomic E-state index is 2.42. The minimum Gasteiger partial charge on any atom is -0.0656 e. The van der Waals surface area contributed by atoms with Crippen LogP contribution in [0.15, 0.2) is 24.3 Å². The van der Waals surface area contributed by atoms with E-state index in [0.717, 1.165) is 0 Å². The molecule has 1 heteroatoms. The molecule has 0 atom stereocenters. The van der Waals surface area contributed by atoms with Gasteiger partial charge in [0.15, 0.2) is 0 Å². The molecule has 0 heterocycles. The van der Waals surface area contributed by atoms with Crippen LogP contribution in [0.2, 0.25) is 19.6 Å². The van der Waals surface area contributed by atoms with Crippen LogP contribution >= 0.6 is 0 Å². The van der Waals surface area contributed by atoms with Crippen molar-refractivity contribution in [3.63, 3.8) is 0 Å². The van der Waals surface area contributed by atoms with Gasteiger partial charge in [-0.2, -0.15) is 0 Å². The van der Waals surface area contributed by atoms with Crippen LogP contribution in [0.5, 0.6) is 0 Å². The van der Waals surface area contributed by atoms with Crippen molar-refractivity contribution in [2.45, 2.75) is 45.8 Å². The molecular formula is C13H22Si. The van der Waals surface area contributed by atoms with Gasteiger partial charge < -0.3 is 0 Å². The Morgan fingerprint density at radius 3 is 2.43 bits per heavy atom. The molecular weight excluding hydrogens is 184 g/mol. The highest BCUT2D eigenvalue weighted by Crippen LogP contribution is 2.07. The van der Waals surface area contributed by atoms with Crippen molar-refractivity contribution in [1.29, 1.82) is 0 Å². The van der Waals surface area contributed by atoms with Crippen molar-refractivity contribution in [2.75, 3.05) is 0 Å². The largest absolute Gasteiger partial charge is 0.0776 e. The fourth-order valence-electron chi connectivity index (χ4n) is 1.57. The molecule has 78 valence electrons. The summed E-state index contributed by atoms with van der Waals surface area (Å²) >= 11 is 0. The van der Waals surface area contributed by atoms with Crippen LogP contribution in [-0.4, -0.2) is 8.07 Å². The third-order valence-electron chi connectivity index (χ3n) is 2.61. The molecule has 0 aromatic heterocycles. The third kappa shape index (κ3) is 3.30. The molecule has 0 unspecified atom stereocenters. The van der Waals surface area contributed by atoms with Gasteiger partial charge in [-0.05, 0) is 18.4 Å². The second-order valence-corrected chi connectivity index (χ2v) is 10.1. The molecule has 0 saturated heterocycles. The molecule has 0 N–H and O–H groups in total. The van der Waals surface area contributed by atoms with E-state index in [0.29, 0.717) is 0 Å². The van der Waals surface area contributed by atoms with E-state index in [1.165, 1.54) is 24.8 Å². The second-order valence-electron chi connectivity index (χ2n) is 5.05. The van der Waals surface area contributed by atoms with E-state index in [1.807, 2.05) is 0 Å². The van der Waals surface area contributed by atoms with Gasteiger partial charge >= 0.3 is 0 Å². The summed E-state index contributed by atoms with van der Waals surface area (Å²) in [6.07, 6.45) is 3.85. The summed E-state index contributed by atoms with van der Waals surface area (Å²) in [6, 6.07) is 9.20. The van der Waals surface area contributed by atoms with Crippen molar-refractivity contribution >= 4 is 13.3 Å². The lowest BCUT2D eigenvalue weighted by atomic mass is 10.1. The Kier molecular flexibility index (Phi) is 3.94. The average molecular weight is 206 g/mol. The van der Waals surface area contributed by atoms with Crippen LogP contribution in [0, 0.1) is 0 Å².